The zero-order valence-electron chi connectivity index (χ0n) is 14.8. The first-order valence-electron chi connectivity index (χ1n) is 8.96. The molecule has 0 aromatic heterocycles. The fourth-order valence-electron chi connectivity index (χ4n) is 3.62. The van der Waals surface area contributed by atoms with Gasteiger partial charge in [-0.1, -0.05) is 13.0 Å². The van der Waals surface area contributed by atoms with Crippen LogP contribution in [0.2, 0.25) is 0 Å². The molecule has 1 saturated carbocycles. The van der Waals surface area contributed by atoms with Gasteiger partial charge in [0.15, 0.2) is 9.84 Å². The molecule has 1 N–H and O–H groups in total. The van der Waals surface area contributed by atoms with Gasteiger partial charge in [-0.15, -0.1) is 0 Å². The minimum absolute atomic E-state index is 0.0142. The molecule has 3 amide bonds. The van der Waals surface area contributed by atoms with Gasteiger partial charge in [0.1, 0.15) is 6.54 Å². The number of anilines is 1. The molecule has 4 rings (SSSR count). The summed E-state index contributed by atoms with van der Waals surface area (Å²) in [5.41, 5.74) is 1.54. The van der Waals surface area contributed by atoms with E-state index in [0.29, 0.717) is 31.7 Å². The molecule has 26 heavy (non-hydrogen) atoms. The number of hydrogen-bond acceptors (Lipinski definition) is 4. The van der Waals surface area contributed by atoms with E-state index >= 15 is 0 Å². The van der Waals surface area contributed by atoms with Crippen LogP contribution >= 0.6 is 0 Å². The average molecular weight is 377 g/mol. The lowest BCUT2D eigenvalue weighted by molar-refractivity contribution is -0.119. The quantitative estimate of drug-likeness (QED) is 0.835. The highest BCUT2D eigenvalue weighted by molar-refractivity contribution is 7.91. The summed E-state index contributed by atoms with van der Waals surface area (Å²) in [5, 5.41) is 2.68. The molecule has 0 spiro atoms. The predicted molar refractivity (Wildman–Crippen MR) is 96.9 cm³/mol. The molecule has 8 heteroatoms. The van der Waals surface area contributed by atoms with E-state index in [2.05, 4.69) is 5.32 Å². The number of fused-ring (bicyclic) bond motifs is 1. The van der Waals surface area contributed by atoms with Gasteiger partial charge in [-0.25, -0.2) is 13.2 Å². The van der Waals surface area contributed by atoms with Crippen LogP contribution in [0.25, 0.3) is 0 Å². The van der Waals surface area contributed by atoms with E-state index in [4.69, 9.17) is 0 Å². The Morgan fingerprint density at radius 2 is 2.04 bits per heavy atom. The maximum Gasteiger partial charge on any atom is 0.317 e. The van der Waals surface area contributed by atoms with Crippen LogP contribution < -0.4 is 10.2 Å². The Hall–Kier alpha value is -2.09. The van der Waals surface area contributed by atoms with Crippen molar-refractivity contribution in [1.29, 1.82) is 0 Å². The summed E-state index contributed by atoms with van der Waals surface area (Å²) < 4.78 is 25.4. The fourth-order valence-corrected chi connectivity index (χ4v) is 5.56. The molecule has 1 aromatic rings. The Morgan fingerprint density at radius 1 is 1.27 bits per heavy atom. The third-order valence-electron chi connectivity index (χ3n) is 5.53. The first kappa shape index (κ1) is 17.3. The Morgan fingerprint density at radius 3 is 2.69 bits per heavy atom. The second-order valence-corrected chi connectivity index (χ2v) is 9.80. The molecule has 1 aromatic carbocycles. The summed E-state index contributed by atoms with van der Waals surface area (Å²) >= 11 is 0. The third-order valence-corrected chi connectivity index (χ3v) is 7.57. The van der Waals surface area contributed by atoms with Crippen molar-refractivity contribution >= 4 is 27.5 Å². The zero-order valence-corrected chi connectivity index (χ0v) is 15.6. The van der Waals surface area contributed by atoms with E-state index < -0.39 is 9.84 Å². The largest absolute Gasteiger partial charge is 0.336 e. The first-order valence-corrected chi connectivity index (χ1v) is 10.6. The monoisotopic (exact) mass is 377 g/mol. The van der Waals surface area contributed by atoms with E-state index in [1.54, 1.807) is 17.0 Å². The molecule has 0 atom stereocenters. The number of nitrogens with one attached hydrogen (secondary N) is 1. The maximum atomic E-state index is 12.7. The summed E-state index contributed by atoms with van der Waals surface area (Å²) in [6, 6.07) is 4.87. The standard InChI is InChI=1S/C18H23N3O4S/c1-18(5-6-18)12-26(24,25)14-3-2-13-4-8-21(15(13)10-14)16(22)11-20-9-7-19-17(20)23/h2-3,10H,4-9,11-12H2,1H3,(H,19,23). The highest BCUT2D eigenvalue weighted by Gasteiger charge is 2.42. The van der Waals surface area contributed by atoms with E-state index in [0.717, 1.165) is 18.4 Å². The summed E-state index contributed by atoms with van der Waals surface area (Å²) in [7, 11) is -3.37. The van der Waals surface area contributed by atoms with Crippen molar-refractivity contribution in [2.45, 2.75) is 31.1 Å². The lowest BCUT2D eigenvalue weighted by Gasteiger charge is -2.21. The number of benzene rings is 1. The number of carbonyl (C=O) groups excluding carboxylic acids is 2. The lowest BCUT2D eigenvalue weighted by Crippen LogP contribution is -2.41. The van der Waals surface area contributed by atoms with Gasteiger partial charge in [-0.05, 0) is 42.4 Å². The minimum atomic E-state index is -3.37. The molecule has 140 valence electrons. The Balaban J connectivity index is 1.55. The Bertz CT molecular complexity index is 876. The van der Waals surface area contributed by atoms with Crippen molar-refractivity contribution in [3.63, 3.8) is 0 Å². The van der Waals surface area contributed by atoms with Crippen molar-refractivity contribution in [3.8, 4) is 0 Å². The number of rotatable bonds is 5. The zero-order chi connectivity index (χ0) is 18.5. The van der Waals surface area contributed by atoms with Crippen LogP contribution in [0.1, 0.15) is 25.3 Å². The normalized spacial score (nSPS) is 20.9. The first-order chi connectivity index (χ1) is 12.3. The molecule has 3 aliphatic rings. The number of amides is 3. The van der Waals surface area contributed by atoms with E-state index in [1.165, 1.54) is 4.90 Å². The lowest BCUT2D eigenvalue weighted by atomic mass is 10.2. The van der Waals surface area contributed by atoms with Crippen molar-refractivity contribution in [2.75, 3.05) is 36.8 Å². The van der Waals surface area contributed by atoms with Gasteiger partial charge in [0, 0.05) is 25.3 Å². The molecule has 1 saturated heterocycles. The fraction of sp³-hybridized carbons (Fsp3) is 0.556. The second kappa shape index (κ2) is 5.97. The molecule has 2 fully saturated rings. The van der Waals surface area contributed by atoms with Crippen molar-refractivity contribution < 1.29 is 18.0 Å². The summed E-state index contributed by atoms with van der Waals surface area (Å²) in [6.45, 7) is 3.59. The summed E-state index contributed by atoms with van der Waals surface area (Å²) in [6.07, 6.45) is 2.59. The smallest absolute Gasteiger partial charge is 0.317 e. The van der Waals surface area contributed by atoms with Gasteiger partial charge < -0.3 is 15.1 Å². The SMILES string of the molecule is CC1(CS(=O)(=O)c2ccc3c(c2)N(C(=O)CN2CCNC2=O)CC3)CC1. The Kier molecular flexibility index (Phi) is 3.98. The predicted octanol–water partition coefficient (Wildman–Crippen LogP) is 1.17. The van der Waals surface area contributed by atoms with Crippen LogP contribution in [-0.2, 0) is 21.1 Å². The molecule has 2 heterocycles. The molecule has 7 nitrogen and oxygen atoms in total. The minimum Gasteiger partial charge on any atom is -0.336 e. The van der Waals surface area contributed by atoms with Crippen LogP contribution in [0.4, 0.5) is 10.5 Å². The molecule has 0 bridgehead atoms. The van der Waals surface area contributed by atoms with E-state index in [9.17, 15) is 18.0 Å². The number of nitrogens with zero attached hydrogens (tertiary/aromatic N) is 2. The van der Waals surface area contributed by atoms with Gasteiger partial charge in [-0.3, -0.25) is 4.79 Å². The third kappa shape index (κ3) is 3.18. The number of hydrogen-bond donors (Lipinski definition) is 1. The summed E-state index contributed by atoms with van der Waals surface area (Å²) in [4.78, 5) is 27.7. The second-order valence-electron chi connectivity index (χ2n) is 7.81. The molecular weight excluding hydrogens is 354 g/mol. The molecule has 2 aliphatic heterocycles. The summed E-state index contributed by atoms with van der Waals surface area (Å²) in [5.74, 6) is -0.0229. The highest BCUT2D eigenvalue weighted by atomic mass is 32.2. The van der Waals surface area contributed by atoms with Crippen molar-refractivity contribution in [1.82, 2.24) is 10.2 Å². The molecule has 0 radical (unpaired) electrons. The highest BCUT2D eigenvalue weighted by Crippen LogP contribution is 2.47. The van der Waals surface area contributed by atoms with Crippen LogP contribution in [0.15, 0.2) is 23.1 Å². The van der Waals surface area contributed by atoms with E-state index in [-0.39, 0.29) is 34.5 Å². The molecule has 1 aliphatic carbocycles. The Labute approximate surface area is 153 Å². The van der Waals surface area contributed by atoms with Crippen LogP contribution in [0.3, 0.4) is 0 Å². The maximum absolute atomic E-state index is 12.7. The van der Waals surface area contributed by atoms with Crippen molar-refractivity contribution in [3.05, 3.63) is 23.8 Å². The number of urea groups is 1. The molecule has 0 unspecified atom stereocenters. The van der Waals surface area contributed by atoms with Gasteiger partial charge in [-0.2, -0.15) is 0 Å². The van der Waals surface area contributed by atoms with Crippen LogP contribution in [-0.4, -0.2) is 57.2 Å². The van der Waals surface area contributed by atoms with Gasteiger partial charge in [0.05, 0.1) is 10.6 Å². The topological polar surface area (TPSA) is 86.8 Å². The van der Waals surface area contributed by atoms with Crippen molar-refractivity contribution in [2.24, 2.45) is 5.41 Å². The van der Waals surface area contributed by atoms with Gasteiger partial charge in [0.2, 0.25) is 5.91 Å². The van der Waals surface area contributed by atoms with Crippen LogP contribution in [0, 0.1) is 5.41 Å². The molecular formula is C18H23N3O4S. The van der Waals surface area contributed by atoms with Gasteiger partial charge >= 0.3 is 6.03 Å². The average Bonchev–Trinajstić information content (AvgIpc) is 2.97. The number of sulfone groups is 1. The van der Waals surface area contributed by atoms with Crippen LogP contribution in [0.5, 0.6) is 0 Å². The van der Waals surface area contributed by atoms with Gasteiger partial charge in [0.25, 0.3) is 0 Å². The van der Waals surface area contributed by atoms with E-state index in [1.807, 2.05) is 13.0 Å². The number of carbonyl (C=O) groups is 2.